The molecule has 0 spiro atoms. The fraction of sp³-hybridized carbons (Fsp3) is 0.375. The number of rotatable bonds is 5. The lowest BCUT2D eigenvalue weighted by atomic mass is 9.75. The molecular formula is C24H22N4O2. The van der Waals surface area contributed by atoms with Gasteiger partial charge in [-0.05, 0) is 72.8 Å². The van der Waals surface area contributed by atoms with Crippen molar-refractivity contribution in [3.05, 3.63) is 57.2 Å². The zero-order valence-electron chi connectivity index (χ0n) is 17.2. The van der Waals surface area contributed by atoms with E-state index in [2.05, 4.69) is 0 Å². The maximum atomic E-state index is 11.5. The fourth-order valence-corrected chi connectivity index (χ4v) is 3.86. The summed E-state index contributed by atoms with van der Waals surface area (Å²) in [7, 11) is 1.37. The summed E-state index contributed by atoms with van der Waals surface area (Å²) in [6.45, 7) is 1.98. The number of allylic oxidation sites excluding steroid dienone is 4. The lowest BCUT2D eigenvalue weighted by Crippen LogP contribution is -2.17. The van der Waals surface area contributed by atoms with E-state index in [-0.39, 0.29) is 23.0 Å². The highest BCUT2D eigenvalue weighted by atomic mass is 16.5. The Labute approximate surface area is 176 Å². The van der Waals surface area contributed by atoms with E-state index in [4.69, 9.17) is 4.74 Å². The normalized spacial score (nSPS) is 15.2. The largest absolute Gasteiger partial charge is 0.469 e. The van der Waals surface area contributed by atoms with Crippen molar-refractivity contribution in [1.29, 1.82) is 21.0 Å². The zero-order chi connectivity index (χ0) is 22.1. The standard InChI is InChI=1S/C24H22N4O2/c1-16-3-4-17(9-18(16)6-8-24(29)30-2)10-20-11-19(21(12-25)13-26)5-7-23(20)22(14-27)15-28/h3-4,9,20H,5-8,10-11H2,1-2H3. The zero-order valence-corrected chi connectivity index (χ0v) is 17.2. The van der Waals surface area contributed by atoms with E-state index in [9.17, 15) is 25.8 Å². The summed E-state index contributed by atoms with van der Waals surface area (Å²) in [6, 6.07) is 13.9. The number of nitriles is 4. The van der Waals surface area contributed by atoms with Crippen LogP contribution in [0.3, 0.4) is 0 Å². The van der Waals surface area contributed by atoms with Crippen molar-refractivity contribution in [1.82, 2.24) is 0 Å². The number of hydrogen-bond donors (Lipinski definition) is 0. The van der Waals surface area contributed by atoms with E-state index < -0.39 is 0 Å². The quantitative estimate of drug-likeness (QED) is 0.543. The molecule has 0 aromatic heterocycles. The molecule has 1 aromatic carbocycles. The average molecular weight is 398 g/mol. The van der Waals surface area contributed by atoms with Gasteiger partial charge in [-0.2, -0.15) is 21.0 Å². The molecule has 2 rings (SSSR count). The van der Waals surface area contributed by atoms with Crippen molar-refractivity contribution in [3.63, 3.8) is 0 Å². The summed E-state index contributed by atoms with van der Waals surface area (Å²) in [4.78, 5) is 11.5. The van der Waals surface area contributed by atoms with Crippen LogP contribution in [0, 0.1) is 58.2 Å². The molecule has 30 heavy (non-hydrogen) atoms. The minimum Gasteiger partial charge on any atom is -0.469 e. The number of ether oxygens (including phenoxy) is 1. The number of nitrogens with zero attached hydrogens (tertiary/aromatic N) is 4. The number of carbonyl (C=O) groups is 1. The lowest BCUT2D eigenvalue weighted by molar-refractivity contribution is -0.140. The Morgan fingerprint density at radius 3 is 2.33 bits per heavy atom. The number of methoxy groups -OCH3 is 1. The van der Waals surface area contributed by atoms with Crippen LogP contribution < -0.4 is 0 Å². The van der Waals surface area contributed by atoms with Crippen LogP contribution in [-0.2, 0) is 22.4 Å². The first-order chi connectivity index (χ1) is 14.5. The summed E-state index contributed by atoms with van der Waals surface area (Å²) < 4.78 is 4.72. The van der Waals surface area contributed by atoms with Gasteiger partial charge < -0.3 is 4.74 Å². The summed E-state index contributed by atoms with van der Waals surface area (Å²) >= 11 is 0. The molecule has 1 fully saturated rings. The smallest absolute Gasteiger partial charge is 0.305 e. The molecule has 1 atom stereocenters. The van der Waals surface area contributed by atoms with Crippen LogP contribution in [0.25, 0.3) is 0 Å². The Hall–Kier alpha value is -3.87. The van der Waals surface area contributed by atoms with Gasteiger partial charge in [0.05, 0.1) is 7.11 Å². The van der Waals surface area contributed by atoms with Crippen LogP contribution in [-0.4, -0.2) is 13.1 Å². The number of benzene rings is 1. The first-order valence-corrected chi connectivity index (χ1v) is 9.68. The Kier molecular flexibility index (Phi) is 7.93. The summed E-state index contributed by atoms with van der Waals surface area (Å²) in [5, 5.41) is 37.2. The molecule has 0 N–H and O–H groups in total. The first kappa shape index (κ1) is 22.4. The molecule has 1 aromatic rings. The van der Waals surface area contributed by atoms with E-state index >= 15 is 0 Å². The minimum atomic E-state index is -0.264. The van der Waals surface area contributed by atoms with Gasteiger partial charge in [0.15, 0.2) is 0 Å². The fourth-order valence-electron chi connectivity index (χ4n) is 3.86. The Balaban J connectivity index is 2.37. The Bertz CT molecular complexity index is 1040. The van der Waals surface area contributed by atoms with Crippen molar-refractivity contribution >= 4 is 5.97 Å². The van der Waals surface area contributed by atoms with E-state index in [0.29, 0.717) is 38.5 Å². The van der Waals surface area contributed by atoms with E-state index in [1.54, 1.807) is 0 Å². The van der Waals surface area contributed by atoms with Gasteiger partial charge in [0.1, 0.15) is 35.4 Å². The molecule has 0 amide bonds. The third-order valence-electron chi connectivity index (χ3n) is 5.53. The maximum absolute atomic E-state index is 11.5. The summed E-state index contributed by atoms with van der Waals surface area (Å²) in [5.74, 6) is -0.392. The molecule has 0 heterocycles. The van der Waals surface area contributed by atoms with Gasteiger partial charge in [-0.1, -0.05) is 18.2 Å². The van der Waals surface area contributed by atoms with Crippen LogP contribution in [0.4, 0.5) is 0 Å². The van der Waals surface area contributed by atoms with Gasteiger partial charge in [0.25, 0.3) is 0 Å². The van der Waals surface area contributed by atoms with Gasteiger partial charge in [0.2, 0.25) is 0 Å². The molecule has 0 radical (unpaired) electrons. The third-order valence-corrected chi connectivity index (χ3v) is 5.53. The molecule has 1 aliphatic rings. The van der Waals surface area contributed by atoms with Crippen molar-refractivity contribution in [2.75, 3.05) is 7.11 Å². The van der Waals surface area contributed by atoms with Crippen molar-refractivity contribution in [2.45, 2.75) is 45.4 Å². The Morgan fingerprint density at radius 2 is 1.73 bits per heavy atom. The Morgan fingerprint density at radius 1 is 1.07 bits per heavy atom. The molecule has 6 nitrogen and oxygen atoms in total. The monoisotopic (exact) mass is 398 g/mol. The predicted molar refractivity (Wildman–Crippen MR) is 109 cm³/mol. The highest BCUT2D eigenvalue weighted by Crippen LogP contribution is 2.38. The minimum absolute atomic E-state index is 0.118. The maximum Gasteiger partial charge on any atom is 0.305 e. The molecule has 0 saturated heterocycles. The van der Waals surface area contributed by atoms with Gasteiger partial charge in [-0.15, -0.1) is 0 Å². The average Bonchev–Trinajstić information content (AvgIpc) is 2.76. The number of hydrogen-bond acceptors (Lipinski definition) is 6. The van der Waals surface area contributed by atoms with Crippen LogP contribution in [0.1, 0.15) is 42.4 Å². The van der Waals surface area contributed by atoms with Crippen LogP contribution in [0.5, 0.6) is 0 Å². The SMILES string of the molecule is COC(=O)CCc1cc(CC2CC(=C(C#N)C#N)CCC2=C(C#N)C#N)ccc1C. The highest BCUT2D eigenvalue weighted by molar-refractivity contribution is 5.69. The number of esters is 1. The van der Waals surface area contributed by atoms with Crippen LogP contribution in [0.2, 0.25) is 0 Å². The first-order valence-electron chi connectivity index (χ1n) is 9.68. The topological polar surface area (TPSA) is 121 Å². The van der Waals surface area contributed by atoms with Gasteiger partial charge in [-0.3, -0.25) is 4.79 Å². The summed E-state index contributed by atoms with van der Waals surface area (Å²) in [6.07, 6.45) is 2.92. The van der Waals surface area contributed by atoms with Gasteiger partial charge in [-0.25, -0.2) is 0 Å². The van der Waals surface area contributed by atoms with Crippen LogP contribution in [0.15, 0.2) is 40.5 Å². The highest BCUT2D eigenvalue weighted by Gasteiger charge is 2.27. The molecule has 0 bridgehead atoms. The molecule has 1 unspecified atom stereocenters. The molecule has 1 aliphatic carbocycles. The van der Waals surface area contributed by atoms with Crippen molar-refractivity contribution < 1.29 is 9.53 Å². The predicted octanol–water partition coefficient (Wildman–Crippen LogP) is 4.13. The second-order valence-electron chi connectivity index (χ2n) is 7.27. The second kappa shape index (κ2) is 10.6. The van der Waals surface area contributed by atoms with E-state index in [1.165, 1.54) is 7.11 Å². The molecule has 1 saturated carbocycles. The second-order valence-corrected chi connectivity index (χ2v) is 7.27. The summed E-state index contributed by atoms with van der Waals surface area (Å²) in [5.41, 5.74) is 4.96. The molecular weight excluding hydrogens is 376 g/mol. The van der Waals surface area contributed by atoms with Gasteiger partial charge in [0, 0.05) is 6.42 Å². The molecule has 150 valence electrons. The number of aryl methyl sites for hydroxylation is 2. The van der Waals surface area contributed by atoms with Gasteiger partial charge >= 0.3 is 5.97 Å². The molecule has 6 heteroatoms. The number of carbonyl (C=O) groups excluding carboxylic acids is 1. The van der Waals surface area contributed by atoms with E-state index in [0.717, 1.165) is 27.8 Å². The lowest BCUT2D eigenvalue weighted by Gasteiger charge is -2.28. The van der Waals surface area contributed by atoms with Crippen molar-refractivity contribution in [2.24, 2.45) is 5.92 Å². The van der Waals surface area contributed by atoms with Crippen molar-refractivity contribution in [3.8, 4) is 24.3 Å². The van der Waals surface area contributed by atoms with E-state index in [1.807, 2.05) is 49.4 Å². The third kappa shape index (κ3) is 5.35. The van der Waals surface area contributed by atoms with Crippen LogP contribution >= 0.6 is 0 Å². The molecule has 0 aliphatic heterocycles.